The molecule has 22 heteroatoms. The molecule has 0 saturated carbocycles. The Balaban J connectivity index is 2.37. The molecule has 2 aliphatic heterocycles. The van der Waals surface area contributed by atoms with Crippen molar-refractivity contribution in [3.63, 3.8) is 0 Å². The molecule has 21 nitrogen and oxygen atoms in total. The number of hydrogen-bond acceptors (Lipinski definition) is 12. The van der Waals surface area contributed by atoms with E-state index in [1.54, 1.807) is 72.7 Å². The number of amides is 8. The molecule has 2 heterocycles. The summed E-state index contributed by atoms with van der Waals surface area (Å²) in [4.78, 5) is 151. The van der Waals surface area contributed by atoms with E-state index in [9.17, 15) is 53.4 Å². The van der Waals surface area contributed by atoms with Crippen LogP contribution >= 0.6 is 15.9 Å². The second kappa shape index (κ2) is 28.3. The van der Waals surface area contributed by atoms with Gasteiger partial charge in [0.2, 0.25) is 41.4 Å². The number of halogens is 1. The molecule has 2 saturated heterocycles. The molecule has 1 aromatic carbocycles. The van der Waals surface area contributed by atoms with Crippen molar-refractivity contribution in [2.75, 3.05) is 34.7 Å². The molecule has 0 radical (unpaired) electrons. The molecule has 2 fully saturated rings. The summed E-state index contributed by atoms with van der Waals surface area (Å²) in [6, 6.07) is -4.18. The van der Waals surface area contributed by atoms with Crippen molar-refractivity contribution < 1.29 is 62.9 Å². The number of benzene rings is 1. The van der Waals surface area contributed by atoms with Gasteiger partial charge in [0.1, 0.15) is 42.3 Å². The van der Waals surface area contributed by atoms with Crippen LogP contribution in [0.25, 0.3) is 0 Å². The van der Waals surface area contributed by atoms with Crippen LogP contribution in [0.15, 0.2) is 28.7 Å². The van der Waals surface area contributed by atoms with Crippen molar-refractivity contribution in [1.29, 1.82) is 0 Å². The quantitative estimate of drug-likeness (QED) is 0.178. The van der Waals surface area contributed by atoms with Gasteiger partial charge in [-0.25, -0.2) is 4.79 Å². The van der Waals surface area contributed by atoms with Gasteiger partial charge in [0, 0.05) is 51.5 Å². The molecule has 77 heavy (non-hydrogen) atoms. The van der Waals surface area contributed by atoms with Gasteiger partial charge in [0.25, 0.3) is 5.91 Å². The number of aliphatic hydroxyl groups is 1. The Hall–Kier alpha value is -5.64. The van der Waals surface area contributed by atoms with Gasteiger partial charge >= 0.3 is 11.9 Å². The summed E-state index contributed by atoms with van der Waals surface area (Å²) in [5, 5.41) is 30.1. The summed E-state index contributed by atoms with van der Waals surface area (Å²) < 4.78 is 6.73. The standard InChI is InChI=1S/C55H87BrN8O13/c1-17-32(9)41-52(73)61(14)42(30(5)6)47(68)57-36(26-29(3)4)50(71)63(16)45(55(11,12)76)54(75)77-44(33(10)18-2)53(74)62(15)43(31(7)8)48(69)58-37(28-40(65)66)49(70)60(13)39(27-34-21-23-35(56)24-22-34)51(72)64-25-19-20-38(64)46(67)59-41/h21-24,29-33,36-39,41-45,76H,17-20,25-28H2,1-16H3,(H,57,68)(H,58,69)(H,59,67)(H,65,66)/t32?,33?,36-,37-,38-,39-,41-,42-,43-,44+,45+/m0/s1. The first-order valence-electron chi connectivity index (χ1n) is 26.9. The molecular formula is C55H87BrN8O13. The predicted octanol–water partition coefficient (Wildman–Crippen LogP) is 3.37. The maximum atomic E-state index is 15.1. The van der Waals surface area contributed by atoms with E-state index in [0.717, 1.165) is 19.2 Å². The second-order valence-corrected chi connectivity index (χ2v) is 23.6. The van der Waals surface area contributed by atoms with Crippen LogP contribution in [0.3, 0.4) is 0 Å². The van der Waals surface area contributed by atoms with Crippen LogP contribution in [0.5, 0.6) is 0 Å². The van der Waals surface area contributed by atoms with Crippen molar-refractivity contribution in [2.24, 2.45) is 29.6 Å². The summed E-state index contributed by atoms with van der Waals surface area (Å²) in [7, 11) is 5.29. The van der Waals surface area contributed by atoms with E-state index in [0.29, 0.717) is 18.4 Å². The predicted molar refractivity (Wildman–Crippen MR) is 291 cm³/mol. The molecule has 0 bridgehead atoms. The van der Waals surface area contributed by atoms with Gasteiger partial charge in [-0.2, -0.15) is 0 Å². The average molecular weight is 1150 g/mol. The molecular weight excluding hydrogens is 1060 g/mol. The fraction of sp³-hybridized carbons (Fsp3) is 0.709. The number of ether oxygens (including phenoxy) is 1. The number of hydrogen-bond donors (Lipinski definition) is 5. The van der Waals surface area contributed by atoms with Crippen LogP contribution in [-0.4, -0.2) is 189 Å². The summed E-state index contributed by atoms with van der Waals surface area (Å²) in [5.41, 5.74) is -1.41. The van der Waals surface area contributed by atoms with Gasteiger partial charge in [0.15, 0.2) is 12.1 Å². The first kappa shape index (κ1) is 65.6. The van der Waals surface area contributed by atoms with Crippen LogP contribution in [0.2, 0.25) is 0 Å². The number of carbonyl (C=O) groups is 10. The van der Waals surface area contributed by atoms with Gasteiger partial charge in [-0.15, -0.1) is 0 Å². The van der Waals surface area contributed by atoms with Crippen LogP contribution in [0, 0.1) is 29.6 Å². The zero-order valence-corrected chi connectivity index (χ0v) is 49.6. The smallest absolute Gasteiger partial charge is 0.332 e. The number of fused-ring (bicyclic) bond motifs is 1. The topological polar surface area (TPSA) is 273 Å². The number of rotatable bonds is 13. The summed E-state index contributed by atoms with van der Waals surface area (Å²) in [5.74, 6) is -11.5. The van der Waals surface area contributed by atoms with Crippen molar-refractivity contribution in [2.45, 2.75) is 188 Å². The normalized spacial score (nSPS) is 26.9. The third kappa shape index (κ3) is 16.7. The molecule has 432 valence electrons. The minimum Gasteiger partial charge on any atom is -0.481 e. The van der Waals surface area contributed by atoms with Crippen LogP contribution in [0.4, 0.5) is 0 Å². The highest BCUT2D eigenvalue weighted by atomic mass is 79.9. The number of nitrogens with zero attached hydrogens (tertiary/aromatic N) is 5. The fourth-order valence-electron chi connectivity index (χ4n) is 10.3. The van der Waals surface area contributed by atoms with E-state index in [4.69, 9.17) is 4.74 Å². The summed E-state index contributed by atoms with van der Waals surface area (Å²) >= 11 is 3.42. The Bertz CT molecular complexity index is 2290. The average Bonchev–Trinajstić information content (AvgIpc) is 3.84. The molecule has 8 amide bonds. The van der Waals surface area contributed by atoms with Crippen LogP contribution < -0.4 is 16.0 Å². The van der Waals surface area contributed by atoms with E-state index >= 15 is 4.79 Å². The molecule has 0 aromatic heterocycles. The lowest BCUT2D eigenvalue weighted by Gasteiger charge is -2.39. The second-order valence-electron chi connectivity index (χ2n) is 22.7. The third-order valence-corrected chi connectivity index (χ3v) is 15.5. The van der Waals surface area contributed by atoms with Gasteiger partial charge in [0.05, 0.1) is 12.0 Å². The first-order chi connectivity index (χ1) is 35.7. The zero-order valence-electron chi connectivity index (χ0n) is 48.0. The lowest BCUT2D eigenvalue weighted by Crippen LogP contribution is -2.63. The third-order valence-electron chi connectivity index (χ3n) is 15.0. The lowest BCUT2D eigenvalue weighted by atomic mass is 9.93. The Morgan fingerprint density at radius 2 is 1.19 bits per heavy atom. The molecule has 0 aliphatic carbocycles. The van der Waals surface area contributed by atoms with Crippen LogP contribution in [0.1, 0.15) is 127 Å². The van der Waals surface area contributed by atoms with Gasteiger partial charge < -0.3 is 55.4 Å². The Labute approximate surface area is 463 Å². The maximum Gasteiger partial charge on any atom is 0.332 e. The first-order valence-corrected chi connectivity index (χ1v) is 27.7. The summed E-state index contributed by atoms with van der Waals surface area (Å²) in [6.45, 7) is 19.9. The fourth-order valence-corrected chi connectivity index (χ4v) is 10.6. The lowest BCUT2D eigenvalue weighted by molar-refractivity contribution is -0.177. The van der Waals surface area contributed by atoms with Crippen molar-refractivity contribution in [3.05, 3.63) is 34.3 Å². The highest BCUT2D eigenvalue weighted by molar-refractivity contribution is 9.10. The Morgan fingerprint density at radius 1 is 0.688 bits per heavy atom. The number of carbonyl (C=O) groups excluding carboxylic acids is 9. The largest absolute Gasteiger partial charge is 0.481 e. The van der Waals surface area contributed by atoms with Crippen molar-refractivity contribution >= 4 is 75.1 Å². The molecule has 1 aromatic rings. The minimum absolute atomic E-state index is 0.0588. The minimum atomic E-state index is -2.01. The van der Waals surface area contributed by atoms with E-state index in [-0.39, 0.29) is 38.1 Å². The number of cyclic esters (lactones) is 1. The SMILES string of the molecule is CCC(C)[C@@H]1NC(=O)[C@@H]2CCCN2C(=O)[C@H](Cc2ccc(Br)cc2)N(C)C(=O)[C@H](CC(=O)O)NC(=O)[C@H](C(C)C)N(C)C(=O)[C@@H](C(C)CC)OC(=O)[C@H](C(C)(C)O)N(C)C(=O)[C@H](CC(C)C)NC(=O)[C@H](C(C)C)N(C)C1=O. The monoisotopic (exact) mass is 1150 g/mol. The number of likely N-dealkylation sites (N-methyl/N-ethyl adjacent to an activating group) is 4. The van der Waals surface area contributed by atoms with Crippen molar-refractivity contribution in [3.8, 4) is 0 Å². The van der Waals surface area contributed by atoms with E-state index in [2.05, 4.69) is 31.9 Å². The summed E-state index contributed by atoms with van der Waals surface area (Å²) in [6.07, 6.45) is -1.31. The van der Waals surface area contributed by atoms with Gasteiger partial charge in [-0.05, 0) is 80.9 Å². The Kier molecular flexibility index (Phi) is 24.1. The zero-order chi connectivity index (χ0) is 58.7. The molecule has 5 N–H and O–H groups in total. The molecule has 2 aliphatic rings. The number of esters is 1. The number of carboxylic acids is 1. The number of nitrogens with one attached hydrogen (secondary N) is 3. The Morgan fingerprint density at radius 3 is 1.68 bits per heavy atom. The molecule has 11 atom stereocenters. The van der Waals surface area contributed by atoms with Gasteiger partial charge in [-0.1, -0.05) is 104 Å². The number of aliphatic carboxylic acids is 1. The molecule has 2 unspecified atom stereocenters. The highest BCUT2D eigenvalue weighted by Crippen LogP contribution is 2.27. The highest BCUT2D eigenvalue weighted by Gasteiger charge is 2.48. The molecule has 0 spiro atoms. The van der Waals surface area contributed by atoms with E-state index < -0.39 is 149 Å². The van der Waals surface area contributed by atoms with E-state index in [1.807, 2.05) is 20.8 Å². The van der Waals surface area contributed by atoms with Crippen LogP contribution in [-0.2, 0) is 59.1 Å². The van der Waals surface area contributed by atoms with E-state index in [1.165, 1.54) is 51.8 Å². The molecule has 3 rings (SSSR count). The maximum absolute atomic E-state index is 15.1. The van der Waals surface area contributed by atoms with Gasteiger partial charge in [-0.3, -0.25) is 43.2 Å². The van der Waals surface area contributed by atoms with Crippen molar-refractivity contribution in [1.82, 2.24) is 40.4 Å². The number of carboxylic acid groups (broad SMARTS) is 1.